The average molecular weight is 409 g/mol. The van der Waals surface area contributed by atoms with Crippen molar-refractivity contribution in [3.63, 3.8) is 0 Å². The molecular formula is C17H25BrN6O. The fourth-order valence-corrected chi connectivity index (χ4v) is 3.82. The highest BCUT2D eigenvalue weighted by atomic mass is 79.9. The summed E-state index contributed by atoms with van der Waals surface area (Å²) in [5.41, 5.74) is 1.02. The van der Waals surface area contributed by atoms with E-state index in [1.54, 1.807) is 10.8 Å². The lowest BCUT2D eigenvalue weighted by molar-refractivity contribution is 0.221. The van der Waals surface area contributed by atoms with Crippen molar-refractivity contribution in [2.45, 2.75) is 57.7 Å². The maximum Gasteiger partial charge on any atom is 0.285 e. The van der Waals surface area contributed by atoms with Crippen LogP contribution in [-0.2, 0) is 0 Å². The molecule has 8 heteroatoms. The first-order valence-corrected chi connectivity index (χ1v) is 9.54. The molecule has 0 aromatic carbocycles. The van der Waals surface area contributed by atoms with E-state index in [-0.39, 0.29) is 11.6 Å². The average Bonchev–Trinajstić information content (AvgIpc) is 2.56. The van der Waals surface area contributed by atoms with Crippen molar-refractivity contribution in [2.24, 2.45) is 0 Å². The quantitative estimate of drug-likeness (QED) is 0.837. The molecule has 3 rings (SSSR count). The van der Waals surface area contributed by atoms with E-state index in [1.165, 1.54) is 12.8 Å². The van der Waals surface area contributed by atoms with Gasteiger partial charge in [-0.2, -0.15) is 4.98 Å². The number of hydrogen-bond donors (Lipinski definition) is 1. The van der Waals surface area contributed by atoms with Crippen molar-refractivity contribution in [3.8, 4) is 0 Å². The minimum Gasteiger partial charge on any atom is -0.351 e. The Kier molecular flexibility index (Phi) is 5.38. The van der Waals surface area contributed by atoms with Crippen molar-refractivity contribution in [1.82, 2.24) is 24.4 Å². The first kappa shape index (κ1) is 18.3. The molecule has 0 atom stereocenters. The minimum atomic E-state index is -0.168. The molecule has 0 radical (unpaired) electrons. The normalized spacial score (nSPS) is 21.2. The molecule has 2 aromatic rings. The van der Waals surface area contributed by atoms with Gasteiger partial charge in [0.2, 0.25) is 5.95 Å². The third kappa shape index (κ3) is 3.84. The fraction of sp³-hybridized carbons (Fsp3) is 0.647. The topological polar surface area (TPSA) is 75.9 Å². The number of hydrogen-bond acceptors (Lipinski definition) is 6. The van der Waals surface area contributed by atoms with Gasteiger partial charge in [-0.15, -0.1) is 0 Å². The summed E-state index contributed by atoms with van der Waals surface area (Å²) in [5.74, 6) is 0.568. The van der Waals surface area contributed by atoms with Crippen LogP contribution in [-0.4, -0.2) is 50.6 Å². The molecule has 2 aromatic heterocycles. The lowest BCUT2D eigenvalue weighted by Gasteiger charge is -2.32. The predicted molar refractivity (Wildman–Crippen MR) is 103 cm³/mol. The van der Waals surface area contributed by atoms with Crippen LogP contribution in [0.4, 0.5) is 5.95 Å². The van der Waals surface area contributed by atoms with Gasteiger partial charge in [-0.3, -0.25) is 9.36 Å². The van der Waals surface area contributed by atoms with Crippen molar-refractivity contribution in [2.75, 3.05) is 19.4 Å². The maximum absolute atomic E-state index is 12.4. The molecule has 0 unspecified atom stereocenters. The van der Waals surface area contributed by atoms with Crippen LogP contribution in [0, 0.1) is 0 Å². The third-order valence-electron chi connectivity index (χ3n) is 4.87. The second-order valence-corrected chi connectivity index (χ2v) is 7.94. The Morgan fingerprint density at radius 2 is 1.92 bits per heavy atom. The van der Waals surface area contributed by atoms with Crippen molar-refractivity contribution >= 4 is 33.0 Å². The number of halogens is 1. The largest absolute Gasteiger partial charge is 0.351 e. The first-order chi connectivity index (χ1) is 11.9. The summed E-state index contributed by atoms with van der Waals surface area (Å²) in [6.07, 6.45) is 6.21. The molecule has 0 aliphatic heterocycles. The number of rotatable bonds is 4. The standard InChI is InChI=1S/C17H25BrN6O/c1-10(2)24-15-13(21-14(18)16(24)25)9-19-17(22-15)20-11-5-7-12(8-6-11)23(3)4/h9-12H,5-8H2,1-4H3,(H,19,20,22)/t11-,12-. The number of anilines is 1. The summed E-state index contributed by atoms with van der Waals surface area (Å²) in [5, 5.41) is 3.44. The lowest BCUT2D eigenvalue weighted by atomic mass is 9.91. The minimum absolute atomic E-state index is 0.00687. The Hall–Kier alpha value is -1.54. The van der Waals surface area contributed by atoms with E-state index in [0.717, 1.165) is 12.8 Å². The third-order valence-corrected chi connectivity index (χ3v) is 5.39. The zero-order valence-electron chi connectivity index (χ0n) is 15.2. The predicted octanol–water partition coefficient (Wildman–Crippen LogP) is 2.81. The van der Waals surface area contributed by atoms with E-state index in [9.17, 15) is 4.79 Å². The van der Waals surface area contributed by atoms with Crippen LogP contribution in [0.2, 0.25) is 0 Å². The van der Waals surface area contributed by atoms with Gasteiger partial charge in [0, 0.05) is 18.1 Å². The first-order valence-electron chi connectivity index (χ1n) is 8.74. The van der Waals surface area contributed by atoms with Crippen LogP contribution in [0.5, 0.6) is 0 Å². The Morgan fingerprint density at radius 1 is 1.24 bits per heavy atom. The van der Waals surface area contributed by atoms with E-state index in [0.29, 0.717) is 33.8 Å². The van der Waals surface area contributed by atoms with Crippen molar-refractivity contribution < 1.29 is 0 Å². The second kappa shape index (κ2) is 7.37. The van der Waals surface area contributed by atoms with Crippen LogP contribution in [0.1, 0.15) is 45.6 Å². The molecule has 1 saturated carbocycles. The fourth-order valence-electron chi connectivity index (χ4n) is 3.44. The van der Waals surface area contributed by atoms with E-state index in [4.69, 9.17) is 0 Å². The van der Waals surface area contributed by atoms with Gasteiger partial charge in [0.25, 0.3) is 5.56 Å². The van der Waals surface area contributed by atoms with E-state index in [2.05, 4.69) is 55.2 Å². The second-order valence-electron chi connectivity index (χ2n) is 7.19. The smallest absolute Gasteiger partial charge is 0.285 e. The number of nitrogens with zero attached hydrogens (tertiary/aromatic N) is 5. The SMILES string of the molecule is CC(C)n1c(=O)c(Br)nc2cnc(N[C@H]3CC[C@H](N(C)C)CC3)nc21. The van der Waals surface area contributed by atoms with Gasteiger partial charge in [0.15, 0.2) is 10.3 Å². The van der Waals surface area contributed by atoms with Gasteiger partial charge in [0.05, 0.1) is 6.20 Å². The number of aromatic nitrogens is 4. The highest BCUT2D eigenvalue weighted by molar-refractivity contribution is 9.10. The molecule has 1 fully saturated rings. The molecule has 25 heavy (non-hydrogen) atoms. The Balaban J connectivity index is 1.85. The molecule has 0 bridgehead atoms. The van der Waals surface area contributed by atoms with Gasteiger partial charge < -0.3 is 10.2 Å². The zero-order valence-corrected chi connectivity index (χ0v) is 16.7. The summed E-state index contributed by atoms with van der Waals surface area (Å²) in [6.45, 7) is 3.93. The summed E-state index contributed by atoms with van der Waals surface area (Å²) in [6, 6.07) is 1.02. The highest BCUT2D eigenvalue weighted by Gasteiger charge is 2.23. The van der Waals surface area contributed by atoms with Gasteiger partial charge in [-0.05, 0) is 69.6 Å². The summed E-state index contributed by atoms with van der Waals surface area (Å²) < 4.78 is 1.95. The van der Waals surface area contributed by atoms with Gasteiger partial charge in [-0.25, -0.2) is 9.97 Å². The van der Waals surface area contributed by atoms with Crippen LogP contribution in [0.3, 0.4) is 0 Å². The Morgan fingerprint density at radius 3 is 2.52 bits per heavy atom. The molecule has 1 aliphatic rings. The van der Waals surface area contributed by atoms with Gasteiger partial charge in [-0.1, -0.05) is 0 Å². The van der Waals surface area contributed by atoms with Crippen molar-refractivity contribution in [3.05, 3.63) is 21.2 Å². The highest BCUT2D eigenvalue weighted by Crippen LogP contribution is 2.24. The van der Waals surface area contributed by atoms with Crippen LogP contribution < -0.4 is 10.9 Å². The summed E-state index contributed by atoms with van der Waals surface area (Å²) in [4.78, 5) is 27.9. The molecule has 0 spiro atoms. The Bertz CT molecular complexity index is 811. The number of nitrogens with one attached hydrogen (secondary N) is 1. The van der Waals surface area contributed by atoms with E-state index in [1.807, 2.05) is 13.8 Å². The number of fused-ring (bicyclic) bond motifs is 1. The maximum atomic E-state index is 12.4. The van der Waals surface area contributed by atoms with E-state index < -0.39 is 0 Å². The molecular weight excluding hydrogens is 384 g/mol. The molecule has 136 valence electrons. The molecule has 1 N–H and O–H groups in total. The van der Waals surface area contributed by atoms with Crippen LogP contribution in [0.25, 0.3) is 11.2 Å². The molecule has 2 heterocycles. The molecule has 1 aliphatic carbocycles. The van der Waals surface area contributed by atoms with Crippen LogP contribution >= 0.6 is 15.9 Å². The zero-order chi connectivity index (χ0) is 18.1. The summed E-state index contributed by atoms with van der Waals surface area (Å²) in [7, 11) is 4.28. The van der Waals surface area contributed by atoms with Gasteiger partial charge in [0.1, 0.15) is 5.52 Å². The van der Waals surface area contributed by atoms with Crippen molar-refractivity contribution in [1.29, 1.82) is 0 Å². The van der Waals surface area contributed by atoms with E-state index >= 15 is 0 Å². The van der Waals surface area contributed by atoms with Crippen LogP contribution in [0.15, 0.2) is 15.6 Å². The summed E-state index contributed by atoms with van der Waals surface area (Å²) >= 11 is 3.23. The lowest BCUT2D eigenvalue weighted by Crippen LogP contribution is -2.36. The molecule has 0 saturated heterocycles. The Labute approximate surface area is 156 Å². The monoisotopic (exact) mass is 408 g/mol. The molecule has 7 nitrogen and oxygen atoms in total. The van der Waals surface area contributed by atoms with Gasteiger partial charge >= 0.3 is 0 Å². The molecule has 0 amide bonds.